The number of Topliss-reactive ketones (excluding diaryl/α,β-unsaturated/α-hetero) is 1. The molecule has 4 nitrogen and oxygen atoms in total. The number of rotatable bonds is 4. The molecule has 0 amide bonds. The van der Waals surface area contributed by atoms with Gasteiger partial charge in [-0.1, -0.05) is 60.5 Å². The third-order valence-electron chi connectivity index (χ3n) is 5.78. The van der Waals surface area contributed by atoms with E-state index in [4.69, 9.17) is 32.7 Å². The van der Waals surface area contributed by atoms with Crippen LogP contribution in [-0.2, 0) is 19.5 Å². The Kier molecular flexibility index (Phi) is 5.68. The fourth-order valence-corrected chi connectivity index (χ4v) is 4.47. The van der Waals surface area contributed by atoms with Crippen LogP contribution in [0.5, 0.6) is 11.5 Å². The molecule has 0 radical (unpaired) electrons. The van der Waals surface area contributed by atoms with Crippen molar-refractivity contribution in [3.8, 4) is 11.5 Å². The minimum Gasteiger partial charge on any atom is -0.478 e. The predicted octanol–water partition coefficient (Wildman–Crippen LogP) is 6.52. The first-order chi connectivity index (χ1) is 15.5. The Morgan fingerprint density at radius 1 is 1.06 bits per heavy atom. The summed E-state index contributed by atoms with van der Waals surface area (Å²) in [7, 11) is 0. The van der Waals surface area contributed by atoms with Crippen LogP contribution in [0.4, 0.5) is 0 Å². The van der Waals surface area contributed by atoms with E-state index in [2.05, 4.69) is 24.0 Å². The molecule has 3 aromatic rings. The molecule has 0 N–H and O–H groups in total. The molecule has 0 aromatic heterocycles. The molecule has 6 heteroatoms. The standard InChI is InChI=1S/C26H21Cl2NO3/c1-2-16-3-5-17(6-4-16)11-24-25(30)20-9-10-23-21(26(20)32-24)14-29(15-31-23)13-18-7-8-19(27)12-22(18)28/h3-12H,2,13-15H2,1H3/b24-11-. The first-order valence-corrected chi connectivity index (χ1v) is 11.3. The molecule has 162 valence electrons. The zero-order valence-corrected chi connectivity index (χ0v) is 19.0. The molecule has 0 bridgehead atoms. The Balaban J connectivity index is 1.40. The Hall–Kier alpha value is -2.79. The maximum atomic E-state index is 13.0. The molecule has 0 saturated carbocycles. The van der Waals surface area contributed by atoms with Gasteiger partial charge in [0.1, 0.15) is 18.2 Å². The number of hydrogen-bond donors (Lipinski definition) is 0. The first kappa shape index (κ1) is 21.1. The van der Waals surface area contributed by atoms with E-state index in [0.717, 1.165) is 28.9 Å². The molecule has 0 saturated heterocycles. The number of allylic oxidation sites excluding steroid dienone is 1. The average Bonchev–Trinajstić information content (AvgIpc) is 3.12. The van der Waals surface area contributed by atoms with Crippen molar-refractivity contribution in [2.45, 2.75) is 26.4 Å². The Bertz CT molecular complexity index is 1230. The summed E-state index contributed by atoms with van der Waals surface area (Å²) in [5.74, 6) is 1.54. The largest absolute Gasteiger partial charge is 0.478 e. The topological polar surface area (TPSA) is 38.8 Å². The van der Waals surface area contributed by atoms with Gasteiger partial charge in [-0.2, -0.15) is 0 Å². The van der Waals surface area contributed by atoms with Crippen LogP contribution in [0.2, 0.25) is 10.0 Å². The lowest BCUT2D eigenvalue weighted by Crippen LogP contribution is -2.31. The van der Waals surface area contributed by atoms with Crippen LogP contribution in [0.25, 0.3) is 6.08 Å². The van der Waals surface area contributed by atoms with Gasteiger partial charge >= 0.3 is 0 Å². The number of halogens is 2. The number of ketones is 1. The van der Waals surface area contributed by atoms with Crippen LogP contribution < -0.4 is 9.47 Å². The second-order valence-corrected chi connectivity index (χ2v) is 8.79. The predicted molar refractivity (Wildman–Crippen MR) is 126 cm³/mol. The molecule has 0 fully saturated rings. The molecule has 2 aliphatic heterocycles. The summed E-state index contributed by atoms with van der Waals surface area (Å²) in [5.41, 5.74) is 4.58. The van der Waals surface area contributed by atoms with Crippen LogP contribution in [0.15, 0.2) is 60.4 Å². The highest BCUT2D eigenvalue weighted by molar-refractivity contribution is 6.35. The summed E-state index contributed by atoms with van der Waals surface area (Å²) in [6.07, 6.45) is 2.77. The van der Waals surface area contributed by atoms with E-state index < -0.39 is 0 Å². The fourth-order valence-electron chi connectivity index (χ4n) is 4.00. The van der Waals surface area contributed by atoms with E-state index in [1.165, 1.54) is 5.56 Å². The third-order valence-corrected chi connectivity index (χ3v) is 6.36. The summed E-state index contributed by atoms with van der Waals surface area (Å²) < 4.78 is 12.0. The molecule has 32 heavy (non-hydrogen) atoms. The van der Waals surface area contributed by atoms with E-state index in [1.807, 2.05) is 30.3 Å². The lowest BCUT2D eigenvalue weighted by atomic mass is 10.0. The van der Waals surface area contributed by atoms with Crippen molar-refractivity contribution in [3.05, 3.63) is 98.2 Å². The number of carbonyl (C=O) groups is 1. The lowest BCUT2D eigenvalue weighted by Gasteiger charge is -2.30. The minimum atomic E-state index is -0.111. The number of ether oxygens (including phenoxy) is 2. The molecule has 0 spiro atoms. The van der Waals surface area contributed by atoms with Gasteiger partial charge < -0.3 is 9.47 Å². The quantitative estimate of drug-likeness (QED) is 0.410. The number of carbonyl (C=O) groups excluding carboxylic acids is 1. The van der Waals surface area contributed by atoms with Crippen molar-refractivity contribution < 1.29 is 14.3 Å². The van der Waals surface area contributed by atoms with Crippen molar-refractivity contribution in [2.24, 2.45) is 0 Å². The van der Waals surface area contributed by atoms with Gasteiger partial charge in [0.15, 0.2) is 5.76 Å². The van der Waals surface area contributed by atoms with Gasteiger partial charge in [-0.05, 0) is 53.5 Å². The van der Waals surface area contributed by atoms with Gasteiger partial charge in [-0.25, -0.2) is 0 Å². The Labute approximate surface area is 197 Å². The summed E-state index contributed by atoms with van der Waals surface area (Å²) >= 11 is 12.4. The molecular weight excluding hydrogens is 445 g/mol. The van der Waals surface area contributed by atoms with Gasteiger partial charge in [0.05, 0.1) is 11.1 Å². The Morgan fingerprint density at radius 2 is 1.88 bits per heavy atom. The van der Waals surface area contributed by atoms with Gasteiger partial charge in [0.25, 0.3) is 0 Å². The highest BCUT2D eigenvalue weighted by atomic mass is 35.5. The van der Waals surface area contributed by atoms with Crippen molar-refractivity contribution >= 4 is 35.1 Å². The van der Waals surface area contributed by atoms with Crippen LogP contribution in [0.1, 0.15) is 39.5 Å². The SMILES string of the molecule is CCc1ccc(/C=C2\Oc3c(ccc4c3CN(Cc3ccc(Cl)cc3Cl)CO4)C2=O)cc1. The molecule has 2 aliphatic rings. The van der Waals surface area contributed by atoms with E-state index in [-0.39, 0.29) is 5.78 Å². The summed E-state index contributed by atoms with van der Waals surface area (Å²) in [6, 6.07) is 17.2. The summed E-state index contributed by atoms with van der Waals surface area (Å²) in [5, 5.41) is 1.22. The maximum absolute atomic E-state index is 13.0. The molecular formula is C26H21Cl2NO3. The van der Waals surface area contributed by atoms with Crippen LogP contribution >= 0.6 is 23.2 Å². The number of fused-ring (bicyclic) bond motifs is 3. The van der Waals surface area contributed by atoms with Gasteiger partial charge in [-0.3, -0.25) is 9.69 Å². The van der Waals surface area contributed by atoms with Gasteiger partial charge in [-0.15, -0.1) is 0 Å². The molecule has 0 atom stereocenters. The van der Waals surface area contributed by atoms with Crippen LogP contribution in [-0.4, -0.2) is 17.4 Å². The number of hydrogen-bond acceptors (Lipinski definition) is 4. The molecule has 0 unspecified atom stereocenters. The highest BCUT2D eigenvalue weighted by Crippen LogP contribution is 2.42. The maximum Gasteiger partial charge on any atom is 0.231 e. The van der Waals surface area contributed by atoms with Crippen LogP contribution in [0, 0.1) is 0 Å². The molecule has 0 aliphatic carbocycles. The molecule has 2 heterocycles. The van der Waals surface area contributed by atoms with Crippen LogP contribution in [0.3, 0.4) is 0 Å². The van der Waals surface area contributed by atoms with Crippen molar-refractivity contribution in [1.82, 2.24) is 4.90 Å². The second kappa shape index (κ2) is 8.62. The van der Waals surface area contributed by atoms with Crippen molar-refractivity contribution in [2.75, 3.05) is 6.73 Å². The third kappa shape index (κ3) is 4.02. The van der Waals surface area contributed by atoms with Crippen molar-refractivity contribution in [1.29, 1.82) is 0 Å². The van der Waals surface area contributed by atoms with E-state index >= 15 is 0 Å². The van der Waals surface area contributed by atoms with E-state index in [0.29, 0.717) is 46.9 Å². The second-order valence-electron chi connectivity index (χ2n) is 7.95. The van der Waals surface area contributed by atoms with E-state index in [9.17, 15) is 4.79 Å². The molecule has 5 rings (SSSR count). The first-order valence-electron chi connectivity index (χ1n) is 10.5. The normalized spacial score (nSPS) is 16.5. The monoisotopic (exact) mass is 465 g/mol. The lowest BCUT2D eigenvalue weighted by molar-refractivity contribution is 0.0873. The number of benzene rings is 3. The average molecular weight is 466 g/mol. The van der Waals surface area contributed by atoms with Crippen molar-refractivity contribution in [3.63, 3.8) is 0 Å². The highest BCUT2D eigenvalue weighted by Gasteiger charge is 2.33. The molecule has 3 aromatic carbocycles. The minimum absolute atomic E-state index is 0.111. The van der Waals surface area contributed by atoms with Gasteiger partial charge in [0, 0.05) is 23.1 Å². The van der Waals surface area contributed by atoms with E-state index in [1.54, 1.807) is 18.2 Å². The zero-order chi connectivity index (χ0) is 22.2. The smallest absolute Gasteiger partial charge is 0.231 e. The zero-order valence-electron chi connectivity index (χ0n) is 17.5. The Morgan fingerprint density at radius 3 is 2.62 bits per heavy atom. The number of nitrogens with zero attached hydrogens (tertiary/aromatic N) is 1. The summed E-state index contributed by atoms with van der Waals surface area (Å²) in [4.78, 5) is 15.1. The van der Waals surface area contributed by atoms with Gasteiger partial charge in [0.2, 0.25) is 5.78 Å². The summed E-state index contributed by atoms with van der Waals surface area (Å²) in [6.45, 7) is 3.72. The number of aryl methyl sites for hydroxylation is 1. The fraction of sp³-hybridized carbons (Fsp3) is 0.192.